The minimum atomic E-state index is -4.68. The van der Waals surface area contributed by atoms with E-state index >= 15 is 0 Å². The van der Waals surface area contributed by atoms with Crippen LogP contribution in [0, 0.1) is 6.92 Å². The number of anilines is 1. The Morgan fingerprint density at radius 3 is 2.50 bits per heavy atom. The Balaban J connectivity index is 2.00. The van der Waals surface area contributed by atoms with Gasteiger partial charge in [0.05, 0.1) is 0 Å². The number of aryl methyl sites for hydroxylation is 1. The van der Waals surface area contributed by atoms with E-state index in [1.165, 1.54) is 4.90 Å². The standard InChI is InChI=1S/C14H16ClF3N2O2/c1-9-2-3-10(15)8-11(9)19-12(21)20-6-4-13(22,5-7-20)14(16,17)18/h2-3,8,22H,4-7H2,1H3,(H,19,21). The third-order valence-electron chi connectivity index (χ3n) is 3.85. The number of alkyl halides is 3. The van der Waals surface area contributed by atoms with Crippen molar-refractivity contribution in [3.05, 3.63) is 28.8 Å². The first-order valence-electron chi connectivity index (χ1n) is 6.73. The molecule has 1 saturated heterocycles. The van der Waals surface area contributed by atoms with Crippen molar-refractivity contribution in [3.63, 3.8) is 0 Å². The van der Waals surface area contributed by atoms with E-state index < -0.39 is 30.7 Å². The molecular formula is C14H16ClF3N2O2. The average molecular weight is 337 g/mol. The number of likely N-dealkylation sites (tertiary alicyclic amines) is 1. The number of carbonyl (C=O) groups is 1. The maximum atomic E-state index is 12.7. The smallest absolute Gasteiger partial charge is 0.380 e. The molecule has 2 N–H and O–H groups in total. The van der Waals surface area contributed by atoms with E-state index in [0.29, 0.717) is 10.7 Å². The van der Waals surface area contributed by atoms with Crippen molar-refractivity contribution < 1.29 is 23.1 Å². The molecule has 1 aromatic carbocycles. The number of aliphatic hydroxyl groups is 1. The van der Waals surface area contributed by atoms with Crippen LogP contribution in [0.2, 0.25) is 5.02 Å². The fraction of sp³-hybridized carbons (Fsp3) is 0.500. The zero-order chi connectivity index (χ0) is 16.5. The molecule has 0 radical (unpaired) electrons. The monoisotopic (exact) mass is 336 g/mol. The molecule has 8 heteroatoms. The van der Waals surface area contributed by atoms with Gasteiger partial charge in [-0.3, -0.25) is 0 Å². The molecule has 4 nitrogen and oxygen atoms in total. The Hall–Kier alpha value is -1.47. The molecule has 0 unspecified atom stereocenters. The van der Waals surface area contributed by atoms with Crippen LogP contribution < -0.4 is 5.32 Å². The summed E-state index contributed by atoms with van der Waals surface area (Å²) in [6, 6.07) is 4.48. The number of nitrogens with zero attached hydrogens (tertiary/aromatic N) is 1. The molecule has 2 rings (SSSR count). The fourth-order valence-electron chi connectivity index (χ4n) is 2.29. The van der Waals surface area contributed by atoms with Gasteiger partial charge >= 0.3 is 12.2 Å². The van der Waals surface area contributed by atoms with E-state index in [1.54, 1.807) is 25.1 Å². The minimum absolute atomic E-state index is 0.165. The lowest BCUT2D eigenvalue weighted by atomic mass is 9.91. The largest absolute Gasteiger partial charge is 0.417 e. The SMILES string of the molecule is Cc1ccc(Cl)cc1NC(=O)N1CCC(O)(C(F)(F)F)CC1. The summed E-state index contributed by atoms with van der Waals surface area (Å²) in [6.45, 7) is 1.45. The molecule has 0 saturated carbocycles. The van der Waals surface area contributed by atoms with Gasteiger partial charge in [-0.05, 0) is 24.6 Å². The van der Waals surface area contributed by atoms with Crippen LogP contribution in [0.1, 0.15) is 18.4 Å². The van der Waals surface area contributed by atoms with E-state index in [9.17, 15) is 23.1 Å². The van der Waals surface area contributed by atoms with Gasteiger partial charge in [0.1, 0.15) is 0 Å². The summed E-state index contributed by atoms with van der Waals surface area (Å²) in [4.78, 5) is 13.4. The summed E-state index contributed by atoms with van der Waals surface area (Å²) in [7, 11) is 0. The third kappa shape index (κ3) is 3.47. The number of rotatable bonds is 1. The summed E-state index contributed by atoms with van der Waals surface area (Å²) < 4.78 is 38.1. The van der Waals surface area contributed by atoms with Crippen molar-refractivity contribution in [1.29, 1.82) is 0 Å². The van der Waals surface area contributed by atoms with E-state index in [0.717, 1.165) is 5.56 Å². The van der Waals surface area contributed by atoms with Crippen LogP contribution in [0.4, 0.5) is 23.7 Å². The van der Waals surface area contributed by atoms with Crippen LogP contribution >= 0.6 is 11.6 Å². The van der Waals surface area contributed by atoms with Crippen LogP contribution in [0.25, 0.3) is 0 Å². The molecule has 1 aliphatic heterocycles. The highest BCUT2D eigenvalue weighted by atomic mass is 35.5. The average Bonchev–Trinajstić information content (AvgIpc) is 2.42. The summed E-state index contributed by atoms with van der Waals surface area (Å²) in [5.41, 5.74) is -1.41. The highest BCUT2D eigenvalue weighted by Crippen LogP contribution is 2.38. The molecule has 1 heterocycles. The summed E-state index contributed by atoms with van der Waals surface area (Å²) in [5, 5.41) is 12.7. The number of carbonyl (C=O) groups excluding carboxylic acids is 1. The first-order valence-corrected chi connectivity index (χ1v) is 7.11. The van der Waals surface area contributed by atoms with Crippen molar-refractivity contribution in [1.82, 2.24) is 4.90 Å². The first kappa shape index (κ1) is 16.9. The second-order valence-corrected chi connectivity index (χ2v) is 5.84. The number of piperidine rings is 1. The van der Waals surface area contributed by atoms with Gasteiger partial charge in [-0.2, -0.15) is 13.2 Å². The predicted octanol–water partition coefficient (Wildman–Crippen LogP) is 3.57. The maximum absolute atomic E-state index is 12.7. The number of nitrogens with one attached hydrogen (secondary N) is 1. The predicted molar refractivity (Wildman–Crippen MR) is 77.0 cm³/mol. The molecule has 22 heavy (non-hydrogen) atoms. The van der Waals surface area contributed by atoms with Crippen molar-refractivity contribution in [2.45, 2.75) is 31.5 Å². The molecular weight excluding hydrogens is 321 g/mol. The number of benzene rings is 1. The topological polar surface area (TPSA) is 52.6 Å². The molecule has 1 aromatic rings. The Labute approximate surface area is 130 Å². The van der Waals surface area contributed by atoms with Gasteiger partial charge in [-0.15, -0.1) is 0 Å². The number of hydrogen-bond donors (Lipinski definition) is 2. The first-order chi connectivity index (χ1) is 10.1. The zero-order valence-electron chi connectivity index (χ0n) is 11.9. The molecule has 1 aliphatic rings. The molecule has 0 aromatic heterocycles. The highest BCUT2D eigenvalue weighted by molar-refractivity contribution is 6.31. The van der Waals surface area contributed by atoms with Gasteiger partial charge in [0.15, 0.2) is 5.60 Å². The number of halogens is 4. The van der Waals surface area contributed by atoms with E-state index in [4.69, 9.17) is 11.6 Å². The Morgan fingerprint density at radius 1 is 1.36 bits per heavy atom. The molecule has 122 valence electrons. The second kappa shape index (κ2) is 5.96. The van der Waals surface area contributed by atoms with Crippen LogP contribution in [0.3, 0.4) is 0 Å². The van der Waals surface area contributed by atoms with Gasteiger partial charge in [0.2, 0.25) is 0 Å². The zero-order valence-corrected chi connectivity index (χ0v) is 12.6. The minimum Gasteiger partial charge on any atom is -0.380 e. The normalized spacial score (nSPS) is 18.2. The van der Waals surface area contributed by atoms with Crippen LogP contribution in [-0.2, 0) is 0 Å². The van der Waals surface area contributed by atoms with Gasteiger partial charge in [0, 0.05) is 36.6 Å². The lowest BCUT2D eigenvalue weighted by Crippen LogP contribution is -2.55. The Bertz CT molecular complexity index is 570. The van der Waals surface area contributed by atoms with Crippen molar-refractivity contribution in [3.8, 4) is 0 Å². The summed E-state index contributed by atoms with van der Waals surface area (Å²) in [5.74, 6) is 0. The summed E-state index contributed by atoms with van der Waals surface area (Å²) >= 11 is 5.85. The van der Waals surface area contributed by atoms with Gasteiger partial charge in [-0.1, -0.05) is 17.7 Å². The highest BCUT2D eigenvalue weighted by Gasteiger charge is 2.54. The van der Waals surface area contributed by atoms with Crippen LogP contribution in [0.5, 0.6) is 0 Å². The number of hydrogen-bond acceptors (Lipinski definition) is 2. The van der Waals surface area contributed by atoms with E-state index in [-0.39, 0.29) is 13.1 Å². The van der Waals surface area contributed by atoms with Crippen LogP contribution in [0.15, 0.2) is 18.2 Å². The lowest BCUT2D eigenvalue weighted by molar-refractivity contribution is -0.271. The second-order valence-electron chi connectivity index (χ2n) is 5.41. The van der Waals surface area contributed by atoms with E-state index in [2.05, 4.69) is 5.32 Å². The van der Waals surface area contributed by atoms with Crippen molar-refractivity contribution in [2.24, 2.45) is 0 Å². The Morgan fingerprint density at radius 2 is 1.95 bits per heavy atom. The number of amides is 2. The van der Waals surface area contributed by atoms with Crippen molar-refractivity contribution >= 4 is 23.3 Å². The molecule has 0 atom stereocenters. The maximum Gasteiger partial charge on any atom is 0.417 e. The summed E-state index contributed by atoms with van der Waals surface area (Å²) in [6.07, 6.45) is -5.74. The van der Waals surface area contributed by atoms with Gasteiger partial charge in [-0.25, -0.2) is 4.79 Å². The Kier molecular flexibility index (Phi) is 4.58. The lowest BCUT2D eigenvalue weighted by Gasteiger charge is -2.39. The van der Waals surface area contributed by atoms with Gasteiger partial charge < -0.3 is 15.3 Å². The van der Waals surface area contributed by atoms with Gasteiger partial charge in [0.25, 0.3) is 0 Å². The molecule has 0 spiro atoms. The molecule has 2 amide bonds. The van der Waals surface area contributed by atoms with Crippen molar-refractivity contribution in [2.75, 3.05) is 18.4 Å². The molecule has 0 bridgehead atoms. The fourth-order valence-corrected chi connectivity index (χ4v) is 2.46. The molecule has 0 aliphatic carbocycles. The third-order valence-corrected chi connectivity index (χ3v) is 4.08. The van der Waals surface area contributed by atoms with E-state index in [1.807, 2.05) is 0 Å². The van der Waals surface area contributed by atoms with Crippen LogP contribution in [-0.4, -0.2) is 40.9 Å². The number of urea groups is 1. The quantitative estimate of drug-likeness (QED) is 0.823. The molecule has 1 fully saturated rings.